The summed E-state index contributed by atoms with van der Waals surface area (Å²) in [6, 6.07) is 13.1. The summed E-state index contributed by atoms with van der Waals surface area (Å²) in [6.45, 7) is 3.72. The largest absolute Gasteiger partial charge is 0.379 e. The summed E-state index contributed by atoms with van der Waals surface area (Å²) in [6.07, 6.45) is 0. The number of hydrogen-bond acceptors (Lipinski definition) is 4. The highest BCUT2D eigenvalue weighted by molar-refractivity contribution is 7.87. The van der Waals surface area contributed by atoms with Gasteiger partial charge in [-0.1, -0.05) is 29.8 Å². The van der Waals surface area contributed by atoms with E-state index in [1.165, 1.54) is 12.1 Å². The smallest absolute Gasteiger partial charge is 0.339 e. The van der Waals surface area contributed by atoms with Crippen molar-refractivity contribution in [3.05, 3.63) is 59.7 Å². The van der Waals surface area contributed by atoms with Gasteiger partial charge in [-0.3, -0.25) is 0 Å². The van der Waals surface area contributed by atoms with Crippen LogP contribution in [0.3, 0.4) is 0 Å². The molecule has 20 heavy (non-hydrogen) atoms. The highest BCUT2D eigenvalue weighted by Crippen LogP contribution is 2.22. The fourth-order valence-corrected chi connectivity index (χ4v) is 2.65. The molecule has 0 aliphatic rings. The van der Waals surface area contributed by atoms with Crippen molar-refractivity contribution in [3.63, 3.8) is 0 Å². The van der Waals surface area contributed by atoms with Crippen molar-refractivity contribution in [2.45, 2.75) is 24.8 Å². The summed E-state index contributed by atoms with van der Waals surface area (Å²) in [5, 5.41) is 0. The van der Waals surface area contributed by atoms with Crippen LogP contribution in [-0.2, 0) is 10.1 Å². The van der Waals surface area contributed by atoms with Crippen LogP contribution >= 0.6 is 0 Å². The third kappa shape index (κ3) is 3.37. The van der Waals surface area contributed by atoms with Crippen LogP contribution in [0.4, 0.5) is 0 Å². The number of hydrogen-bond donors (Lipinski definition) is 1. The molecule has 0 spiro atoms. The Morgan fingerprint density at radius 2 is 1.75 bits per heavy atom. The molecule has 0 saturated carbocycles. The lowest BCUT2D eigenvalue weighted by atomic mass is 10.1. The molecule has 0 radical (unpaired) electrons. The van der Waals surface area contributed by atoms with E-state index in [0.29, 0.717) is 0 Å². The molecule has 4 nitrogen and oxygen atoms in total. The zero-order valence-corrected chi connectivity index (χ0v) is 12.2. The van der Waals surface area contributed by atoms with Gasteiger partial charge in [-0.05, 0) is 43.7 Å². The maximum Gasteiger partial charge on any atom is 0.339 e. The molecule has 0 aliphatic carbocycles. The first-order valence-corrected chi connectivity index (χ1v) is 7.66. The molecule has 2 rings (SSSR count). The Labute approximate surface area is 119 Å². The van der Waals surface area contributed by atoms with Crippen molar-refractivity contribution in [2.24, 2.45) is 5.73 Å². The molecular formula is C15H17NO3S. The number of aryl methyl sites for hydroxylation is 1. The molecule has 0 fully saturated rings. The van der Waals surface area contributed by atoms with E-state index in [-0.39, 0.29) is 16.7 Å². The van der Waals surface area contributed by atoms with Crippen molar-refractivity contribution in [2.75, 3.05) is 0 Å². The quantitative estimate of drug-likeness (QED) is 0.879. The molecule has 0 amide bonds. The minimum Gasteiger partial charge on any atom is -0.379 e. The first-order chi connectivity index (χ1) is 9.38. The number of nitrogens with two attached hydrogens (primary N) is 1. The van der Waals surface area contributed by atoms with Crippen LogP contribution in [0.5, 0.6) is 5.75 Å². The molecular weight excluding hydrogens is 274 g/mol. The van der Waals surface area contributed by atoms with Crippen LogP contribution in [-0.4, -0.2) is 8.42 Å². The maximum absolute atomic E-state index is 12.1. The molecule has 0 bridgehead atoms. The van der Waals surface area contributed by atoms with Gasteiger partial charge in [-0.15, -0.1) is 0 Å². The van der Waals surface area contributed by atoms with Crippen LogP contribution in [0.1, 0.15) is 24.1 Å². The summed E-state index contributed by atoms with van der Waals surface area (Å²) >= 11 is 0. The average molecular weight is 291 g/mol. The van der Waals surface area contributed by atoms with Crippen LogP contribution in [0.25, 0.3) is 0 Å². The average Bonchev–Trinajstić information content (AvgIpc) is 2.39. The van der Waals surface area contributed by atoms with Gasteiger partial charge in [0.1, 0.15) is 10.6 Å². The predicted molar refractivity (Wildman–Crippen MR) is 78.0 cm³/mol. The van der Waals surface area contributed by atoms with Crippen LogP contribution in [0, 0.1) is 6.92 Å². The van der Waals surface area contributed by atoms with Gasteiger partial charge in [0.2, 0.25) is 0 Å². The van der Waals surface area contributed by atoms with Crippen LogP contribution in [0.2, 0.25) is 0 Å². The molecule has 2 aromatic rings. The number of benzene rings is 2. The number of rotatable bonds is 4. The van der Waals surface area contributed by atoms with Gasteiger partial charge in [-0.2, -0.15) is 8.42 Å². The predicted octanol–water partition coefficient (Wildman–Crippen LogP) is 2.78. The molecule has 0 unspecified atom stereocenters. The van der Waals surface area contributed by atoms with E-state index in [9.17, 15) is 8.42 Å². The zero-order chi connectivity index (χ0) is 14.8. The Kier molecular flexibility index (Phi) is 4.11. The molecule has 2 N–H and O–H groups in total. The van der Waals surface area contributed by atoms with E-state index in [1.54, 1.807) is 30.3 Å². The molecule has 1 atom stereocenters. The molecule has 106 valence electrons. The third-order valence-corrected chi connectivity index (χ3v) is 4.16. The minimum atomic E-state index is -3.81. The van der Waals surface area contributed by atoms with E-state index < -0.39 is 10.1 Å². The lowest BCUT2D eigenvalue weighted by molar-refractivity contribution is 0.485. The molecule has 5 heteroatoms. The van der Waals surface area contributed by atoms with Crippen molar-refractivity contribution in [1.82, 2.24) is 0 Å². The summed E-state index contributed by atoms with van der Waals surface area (Å²) in [7, 11) is -3.81. The van der Waals surface area contributed by atoms with Crippen LogP contribution < -0.4 is 9.92 Å². The third-order valence-electron chi connectivity index (χ3n) is 2.90. The first kappa shape index (κ1) is 14.6. The maximum atomic E-state index is 12.1. The summed E-state index contributed by atoms with van der Waals surface area (Å²) < 4.78 is 29.4. The zero-order valence-electron chi connectivity index (χ0n) is 11.4. The minimum absolute atomic E-state index is 0.134. The second-order valence-corrected chi connectivity index (χ2v) is 6.26. The van der Waals surface area contributed by atoms with Gasteiger partial charge in [0.25, 0.3) is 0 Å². The van der Waals surface area contributed by atoms with Crippen molar-refractivity contribution in [3.8, 4) is 5.75 Å². The van der Waals surface area contributed by atoms with Crippen LogP contribution in [0.15, 0.2) is 53.4 Å². The monoisotopic (exact) mass is 291 g/mol. The van der Waals surface area contributed by atoms with E-state index in [2.05, 4.69) is 0 Å². The molecule has 0 heterocycles. The summed E-state index contributed by atoms with van der Waals surface area (Å²) in [5.41, 5.74) is 7.58. The summed E-state index contributed by atoms with van der Waals surface area (Å²) in [5.74, 6) is 0.264. The Morgan fingerprint density at radius 1 is 1.10 bits per heavy atom. The van der Waals surface area contributed by atoms with E-state index in [4.69, 9.17) is 9.92 Å². The van der Waals surface area contributed by atoms with Gasteiger partial charge >= 0.3 is 10.1 Å². The molecule has 2 aromatic carbocycles. The normalized spacial score (nSPS) is 12.9. The Morgan fingerprint density at radius 3 is 2.35 bits per heavy atom. The molecule has 0 aromatic heterocycles. The second kappa shape index (κ2) is 5.64. The summed E-state index contributed by atoms with van der Waals surface area (Å²) in [4.78, 5) is 0.134. The van der Waals surface area contributed by atoms with Gasteiger partial charge in [-0.25, -0.2) is 0 Å². The fourth-order valence-electron chi connectivity index (χ4n) is 1.73. The Balaban J connectivity index is 2.28. The van der Waals surface area contributed by atoms with Gasteiger partial charge in [0, 0.05) is 6.04 Å². The van der Waals surface area contributed by atoms with Crippen molar-refractivity contribution in [1.29, 1.82) is 0 Å². The van der Waals surface area contributed by atoms with Crippen molar-refractivity contribution < 1.29 is 12.6 Å². The Hall–Kier alpha value is -1.85. The first-order valence-electron chi connectivity index (χ1n) is 6.25. The van der Waals surface area contributed by atoms with E-state index in [0.717, 1.165) is 11.1 Å². The molecule has 0 aliphatic heterocycles. The van der Waals surface area contributed by atoms with Gasteiger partial charge < -0.3 is 9.92 Å². The lowest BCUT2D eigenvalue weighted by Crippen LogP contribution is -2.10. The van der Waals surface area contributed by atoms with E-state index in [1.807, 2.05) is 19.9 Å². The molecule has 0 saturated heterocycles. The highest BCUT2D eigenvalue weighted by atomic mass is 32.2. The highest BCUT2D eigenvalue weighted by Gasteiger charge is 2.16. The van der Waals surface area contributed by atoms with Crippen molar-refractivity contribution >= 4 is 10.1 Å². The SMILES string of the molecule is Cc1ccc(S(=O)(=O)Oc2cccc([C@@H](C)N)c2)cc1. The second-order valence-electron chi connectivity index (χ2n) is 4.71. The lowest BCUT2D eigenvalue weighted by Gasteiger charge is -2.10. The van der Waals surface area contributed by atoms with Gasteiger partial charge in [0.05, 0.1) is 0 Å². The topological polar surface area (TPSA) is 69.4 Å². The standard InChI is InChI=1S/C15H17NO3S/c1-11-6-8-15(9-7-11)20(17,18)19-14-5-3-4-13(10-14)12(2)16/h3-10,12H,16H2,1-2H3/t12-/m1/s1. The van der Waals surface area contributed by atoms with Gasteiger partial charge in [0.15, 0.2) is 0 Å². The van der Waals surface area contributed by atoms with E-state index >= 15 is 0 Å². The Bertz CT molecular complexity index is 691. The fraction of sp³-hybridized carbons (Fsp3) is 0.200.